The molecular formula is C13H13NO2S2. The first kappa shape index (κ1) is 11.9. The molecule has 1 aliphatic rings. The van der Waals surface area contributed by atoms with Gasteiger partial charge in [0.05, 0.1) is 6.61 Å². The van der Waals surface area contributed by atoms with Crippen LogP contribution in [0.2, 0.25) is 0 Å². The Morgan fingerprint density at radius 3 is 3.17 bits per heavy atom. The van der Waals surface area contributed by atoms with Crippen molar-refractivity contribution in [1.29, 1.82) is 0 Å². The molecule has 0 bridgehead atoms. The van der Waals surface area contributed by atoms with Crippen LogP contribution in [0.4, 0.5) is 0 Å². The van der Waals surface area contributed by atoms with Crippen LogP contribution in [-0.4, -0.2) is 24.8 Å². The van der Waals surface area contributed by atoms with Crippen LogP contribution in [-0.2, 0) is 0 Å². The summed E-state index contributed by atoms with van der Waals surface area (Å²) >= 11 is 3.30. The lowest BCUT2D eigenvalue weighted by Crippen LogP contribution is -2.22. The number of hydrogen-bond acceptors (Lipinski definition) is 4. The van der Waals surface area contributed by atoms with Crippen LogP contribution in [0.25, 0.3) is 10.1 Å². The maximum Gasteiger partial charge on any atom is 0.262 e. The normalized spacial score (nSPS) is 15.1. The first-order valence-electron chi connectivity index (χ1n) is 5.90. The minimum absolute atomic E-state index is 0.0501. The van der Waals surface area contributed by atoms with Crippen molar-refractivity contribution >= 4 is 39.1 Å². The van der Waals surface area contributed by atoms with Crippen LogP contribution in [0.1, 0.15) is 16.6 Å². The minimum atomic E-state index is 0.0501. The fraction of sp³-hybridized carbons (Fsp3) is 0.308. The number of carbonyl (C=O) groups is 1. The molecule has 0 spiro atoms. The van der Waals surface area contributed by atoms with Crippen molar-refractivity contribution in [3.63, 3.8) is 0 Å². The number of hydrogen-bond donors (Lipinski definition) is 1. The van der Waals surface area contributed by atoms with E-state index in [4.69, 9.17) is 4.74 Å². The van der Waals surface area contributed by atoms with Crippen molar-refractivity contribution in [2.45, 2.75) is 11.8 Å². The van der Waals surface area contributed by atoms with E-state index in [1.807, 2.05) is 19.1 Å². The number of thioether (sulfide) groups is 1. The van der Waals surface area contributed by atoms with Gasteiger partial charge in [0.25, 0.3) is 5.91 Å². The minimum Gasteiger partial charge on any atom is -0.494 e. The highest BCUT2D eigenvalue weighted by molar-refractivity contribution is 7.99. The van der Waals surface area contributed by atoms with Gasteiger partial charge >= 0.3 is 0 Å². The quantitative estimate of drug-likeness (QED) is 0.918. The lowest BCUT2D eigenvalue weighted by atomic mass is 10.2. The SMILES string of the molecule is CCOc1ccc2c3c(sc2c1)C(=O)NCCS3. The smallest absolute Gasteiger partial charge is 0.262 e. The van der Waals surface area contributed by atoms with Gasteiger partial charge in [-0.15, -0.1) is 23.1 Å². The lowest BCUT2D eigenvalue weighted by molar-refractivity contribution is 0.0959. The summed E-state index contributed by atoms with van der Waals surface area (Å²) in [5.74, 6) is 1.85. The summed E-state index contributed by atoms with van der Waals surface area (Å²) in [5, 5.41) is 4.09. The molecule has 5 heteroatoms. The molecule has 0 fully saturated rings. The van der Waals surface area contributed by atoms with Gasteiger partial charge in [-0.3, -0.25) is 4.79 Å². The van der Waals surface area contributed by atoms with E-state index in [1.165, 1.54) is 5.39 Å². The zero-order chi connectivity index (χ0) is 12.5. The molecule has 0 atom stereocenters. The molecule has 0 aliphatic carbocycles. The first-order valence-corrected chi connectivity index (χ1v) is 7.70. The van der Waals surface area contributed by atoms with Crippen molar-refractivity contribution in [2.75, 3.05) is 18.9 Å². The molecule has 94 valence electrons. The second kappa shape index (κ2) is 4.82. The van der Waals surface area contributed by atoms with E-state index in [0.29, 0.717) is 6.61 Å². The second-order valence-corrected chi connectivity index (χ2v) is 6.11. The molecule has 0 unspecified atom stereocenters. The van der Waals surface area contributed by atoms with Gasteiger partial charge < -0.3 is 10.1 Å². The Balaban J connectivity index is 2.14. The molecule has 18 heavy (non-hydrogen) atoms. The Labute approximate surface area is 114 Å². The largest absolute Gasteiger partial charge is 0.494 e. The summed E-state index contributed by atoms with van der Waals surface area (Å²) in [4.78, 5) is 13.9. The van der Waals surface area contributed by atoms with Gasteiger partial charge in [0.2, 0.25) is 0 Å². The summed E-state index contributed by atoms with van der Waals surface area (Å²) in [6, 6.07) is 6.05. The average Bonchev–Trinajstić information content (AvgIpc) is 2.63. The zero-order valence-corrected chi connectivity index (χ0v) is 11.6. The van der Waals surface area contributed by atoms with Gasteiger partial charge in [-0.25, -0.2) is 0 Å². The average molecular weight is 279 g/mol. The monoisotopic (exact) mass is 279 g/mol. The molecule has 1 aromatic heterocycles. The number of thiophene rings is 1. The van der Waals surface area contributed by atoms with Crippen LogP contribution in [0.3, 0.4) is 0 Å². The number of rotatable bonds is 2. The second-order valence-electron chi connectivity index (χ2n) is 3.96. The third-order valence-electron chi connectivity index (χ3n) is 2.77. The highest BCUT2D eigenvalue weighted by atomic mass is 32.2. The van der Waals surface area contributed by atoms with Gasteiger partial charge in [0.1, 0.15) is 10.6 Å². The molecule has 0 radical (unpaired) electrons. The van der Waals surface area contributed by atoms with Crippen molar-refractivity contribution in [3.05, 3.63) is 23.1 Å². The Kier molecular flexibility index (Phi) is 3.18. The Hall–Kier alpha value is -1.20. The van der Waals surface area contributed by atoms with Crippen LogP contribution < -0.4 is 10.1 Å². The Morgan fingerprint density at radius 2 is 2.33 bits per heavy atom. The topological polar surface area (TPSA) is 38.3 Å². The van der Waals surface area contributed by atoms with E-state index in [9.17, 15) is 4.79 Å². The molecule has 1 amide bonds. The molecule has 3 rings (SSSR count). The molecule has 1 N–H and O–H groups in total. The standard InChI is InChI=1S/C13H13NO2S2/c1-2-16-8-3-4-9-10(7-8)18-12-11(9)17-6-5-14-13(12)15/h3-4,7H,2,5-6H2,1H3,(H,14,15). The van der Waals surface area contributed by atoms with E-state index in [0.717, 1.165) is 32.5 Å². The predicted molar refractivity (Wildman–Crippen MR) is 76.1 cm³/mol. The number of nitrogens with one attached hydrogen (secondary N) is 1. The zero-order valence-electron chi connectivity index (χ0n) is 9.99. The fourth-order valence-electron chi connectivity index (χ4n) is 2.00. The van der Waals surface area contributed by atoms with Gasteiger partial charge in [0, 0.05) is 27.3 Å². The number of fused-ring (bicyclic) bond motifs is 3. The number of benzene rings is 1. The van der Waals surface area contributed by atoms with Gasteiger partial charge in [-0.05, 0) is 25.1 Å². The predicted octanol–water partition coefficient (Wildman–Crippen LogP) is 3.14. The highest BCUT2D eigenvalue weighted by Gasteiger charge is 2.21. The van der Waals surface area contributed by atoms with Crippen LogP contribution in [0.5, 0.6) is 5.75 Å². The van der Waals surface area contributed by atoms with Crippen molar-refractivity contribution in [3.8, 4) is 5.75 Å². The fourth-order valence-corrected chi connectivity index (χ4v) is 4.37. The number of ether oxygens (including phenoxy) is 1. The third-order valence-corrected chi connectivity index (χ3v) is 5.17. The molecular weight excluding hydrogens is 266 g/mol. The van der Waals surface area contributed by atoms with E-state index >= 15 is 0 Å². The van der Waals surface area contributed by atoms with Crippen molar-refractivity contribution < 1.29 is 9.53 Å². The summed E-state index contributed by atoms with van der Waals surface area (Å²) < 4.78 is 6.62. The number of amides is 1. The van der Waals surface area contributed by atoms with E-state index in [-0.39, 0.29) is 5.91 Å². The van der Waals surface area contributed by atoms with Crippen molar-refractivity contribution in [1.82, 2.24) is 5.32 Å². The maximum absolute atomic E-state index is 11.9. The molecule has 2 aromatic rings. The van der Waals surface area contributed by atoms with E-state index in [2.05, 4.69) is 11.4 Å². The van der Waals surface area contributed by atoms with Gasteiger partial charge in [0.15, 0.2) is 0 Å². The van der Waals surface area contributed by atoms with Crippen LogP contribution in [0.15, 0.2) is 23.1 Å². The molecule has 1 aliphatic heterocycles. The summed E-state index contributed by atoms with van der Waals surface area (Å²) in [6.07, 6.45) is 0. The first-order chi connectivity index (χ1) is 8.79. The van der Waals surface area contributed by atoms with Crippen LogP contribution in [0, 0.1) is 0 Å². The van der Waals surface area contributed by atoms with Crippen LogP contribution >= 0.6 is 23.1 Å². The molecule has 0 saturated carbocycles. The summed E-state index contributed by atoms with van der Waals surface area (Å²) in [6.45, 7) is 3.37. The lowest BCUT2D eigenvalue weighted by Gasteiger charge is -2.02. The Bertz CT molecular complexity index is 606. The van der Waals surface area contributed by atoms with E-state index in [1.54, 1.807) is 23.1 Å². The molecule has 0 saturated heterocycles. The summed E-state index contributed by atoms with van der Waals surface area (Å²) in [5.41, 5.74) is 0. The van der Waals surface area contributed by atoms with Gasteiger partial charge in [-0.1, -0.05) is 0 Å². The maximum atomic E-state index is 11.9. The molecule has 2 heterocycles. The third kappa shape index (κ3) is 1.97. The van der Waals surface area contributed by atoms with Crippen molar-refractivity contribution in [2.24, 2.45) is 0 Å². The van der Waals surface area contributed by atoms with Gasteiger partial charge in [-0.2, -0.15) is 0 Å². The molecule has 3 nitrogen and oxygen atoms in total. The Morgan fingerprint density at radius 1 is 1.44 bits per heavy atom. The molecule has 1 aromatic carbocycles. The number of carbonyl (C=O) groups excluding carboxylic acids is 1. The summed E-state index contributed by atoms with van der Waals surface area (Å²) in [7, 11) is 0. The highest BCUT2D eigenvalue weighted by Crippen LogP contribution is 2.40. The van der Waals surface area contributed by atoms with E-state index < -0.39 is 0 Å².